The van der Waals surface area contributed by atoms with Crippen molar-refractivity contribution < 1.29 is 14.6 Å². The van der Waals surface area contributed by atoms with Crippen molar-refractivity contribution in [2.75, 3.05) is 13.2 Å². The summed E-state index contributed by atoms with van der Waals surface area (Å²) in [6, 6.07) is 0. The molecule has 0 bridgehead atoms. The van der Waals surface area contributed by atoms with Crippen LogP contribution in [0, 0.1) is 15.5 Å². The van der Waals surface area contributed by atoms with Gasteiger partial charge in [0.15, 0.2) is 0 Å². The van der Waals surface area contributed by atoms with Gasteiger partial charge in [-0.05, 0) is 12.0 Å². The summed E-state index contributed by atoms with van der Waals surface area (Å²) in [5.41, 5.74) is 0.279. The fourth-order valence-electron chi connectivity index (χ4n) is 1.64. The predicted molar refractivity (Wildman–Crippen MR) is 58.6 cm³/mol. The number of nitrogens with zero attached hydrogens (tertiary/aromatic N) is 1. The lowest BCUT2D eigenvalue weighted by atomic mass is 9.80. The summed E-state index contributed by atoms with van der Waals surface area (Å²) < 4.78 is 4.86. The van der Waals surface area contributed by atoms with Gasteiger partial charge < -0.3 is 9.63 Å². The van der Waals surface area contributed by atoms with Crippen LogP contribution < -0.4 is 0 Å². The fourth-order valence-corrected chi connectivity index (χ4v) is 1.85. The van der Waals surface area contributed by atoms with E-state index in [9.17, 15) is 15.2 Å². The van der Waals surface area contributed by atoms with Gasteiger partial charge >= 0.3 is 0 Å². The second-order valence-electron chi connectivity index (χ2n) is 3.93. The van der Waals surface area contributed by atoms with Crippen molar-refractivity contribution in [3.63, 3.8) is 0 Å². The van der Waals surface area contributed by atoms with Crippen LogP contribution in [-0.2, 0) is 4.52 Å². The van der Waals surface area contributed by atoms with Crippen LogP contribution in [0.1, 0.15) is 13.3 Å². The summed E-state index contributed by atoms with van der Waals surface area (Å²) in [5.74, 6) is 0. The molecule has 0 amide bonds. The van der Waals surface area contributed by atoms with Gasteiger partial charge in [-0.1, -0.05) is 6.92 Å². The lowest BCUT2D eigenvalue weighted by Gasteiger charge is -2.26. The Morgan fingerprint density at radius 3 is 2.93 bits per heavy atom. The van der Waals surface area contributed by atoms with E-state index in [2.05, 4.69) is 9.47 Å². The first-order chi connectivity index (χ1) is 7.00. The molecule has 0 radical (unpaired) electrons. The minimum atomic E-state index is -0.560. The molecular formula is C9H14NO4P. The lowest BCUT2D eigenvalue weighted by Crippen LogP contribution is -2.24. The Kier molecular flexibility index (Phi) is 3.97. The number of nitro groups is 1. The molecule has 1 rings (SSSR count). The van der Waals surface area contributed by atoms with Crippen molar-refractivity contribution in [1.82, 2.24) is 0 Å². The SMILES string of the molecule is CC1(CO)C=C([N+](=O)[O-])C=C(COP)C1. The van der Waals surface area contributed by atoms with Crippen molar-refractivity contribution in [3.8, 4) is 0 Å². The van der Waals surface area contributed by atoms with Crippen molar-refractivity contribution in [1.29, 1.82) is 0 Å². The van der Waals surface area contributed by atoms with E-state index in [0.29, 0.717) is 13.0 Å². The van der Waals surface area contributed by atoms with Crippen LogP contribution >= 0.6 is 9.47 Å². The molecule has 0 fully saturated rings. The molecule has 84 valence electrons. The molecule has 1 N–H and O–H groups in total. The van der Waals surface area contributed by atoms with Crippen LogP contribution in [0.15, 0.2) is 23.4 Å². The fraction of sp³-hybridized carbons (Fsp3) is 0.556. The Morgan fingerprint density at radius 2 is 2.47 bits per heavy atom. The summed E-state index contributed by atoms with van der Waals surface area (Å²) in [6.07, 6.45) is 3.58. The van der Waals surface area contributed by atoms with Crippen molar-refractivity contribution >= 4 is 9.47 Å². The zero-order valence-corrected chi connectivity index (χ0v) is 9.63. The van der Waals surface area contributed by atoms with E-state index in [4.69, 9.17) is 4.52 Å². The molecule has 0 spiro atoms. The van der Waals surface area contributed by atoms with E-state index < -0.39 is 10.3 Å². The average Bonchev–Trinajstić information content (AvgIpc) is 2.17. The molecular weight excluding hydrogens is 217 g/mol. The highest BCUT2D eigenvalue weighted by Gasteiger charge is 2.30. The third-order valence-corrected chi connectivity index (χ3v) is 2.49. The Balaban J connectivity index is 2.97. The van der Waals surface area contributed by atoms with E-state index in [1.807, 2.05) is 0 Å². The van der Waals surface area contributed by atoms with E-state index in [1.54, 1.807) is 6.92 Å². The predicted octanol–water partition coefficient (Wildman–Crippen LogP) is 1.28. The van der Waals surface area contributed by atoms with Crippen LogP contribution in [0.5, 0.6) is 0 Å². The molecule has 1 aliphatic carbocycles. The molecule has 0 aromatic carbocycles. The number of allylic oxidation sites excluding steroid dienone is 1. The molecule has 15 heavy (non-hydrogen) atoms. The van der Waals surface area contributed by atoms with Gasteiger partial charge in [0.25, 0.3) is 5.70 Å². The zero-order chi connectivity index (χ0) is 11.5. The molecule has 0 heterocycles. The van der Waals surface area contributed by atoms with Crippen molar-refractivity contribution in [2.24, 2.45) is 5.41 Å². The first-order valence-corrected chi connectivity index (χ1v) is 4.97. The minimum Gasteiger partial charge on any atom is -0.395 e. The molecule has 0 saturated heterocycles. The van der Waals surface area contributed by atoms with Crippen molar-refractivity contribution in [2.45, 2.75) is 13.3 Å². The zero-order valence-electron chi connectivity index (χ0n) is 8.47. The minimum absolute atomic E-state index is 0.0230. The summed E-state index contributed by atoms with van der Waals surface area (Å²) in [5, 5.41) is 19.9. The first-order valence-electron chi connectivity index (χ1n) is 4.50. The van der Waals surface area contributed by atoms with Gasteiger partial charge in [0.05, 0.1) is 18.1 Å². The highest BCUT2D eigenvalue weighted by Crippen LogP contribution is 2.33. The summed E-state index contributed by atoms with van der Waals surface area (Å²) in [7, 11) is 2.11. The van der Waals surface area contributed by atoms with Gasteiger partial charge in [0, 0.05) is 27.0 Å². The standard InChI is InChI=1S/C9H14NO4P/c1-9(6-11)3-7(5-14-15)2-8(4-9)10(12)13/h2,4,11H,3,5-6,15H2,1H3. The Bertz CT molecular complexity index is 326. The van der Waals surface area contributed by atoms with Gasteiger partial charge in [-0.3, -0.25) is 10.1 Å². The average molecular weight is 231 g/mol. The maximum absolute atomic E-state index is 10.7. The second kappa shape index (κ2) is 4.84. The Hall–Kier alpha value is -0.770. The first kappa shape index (κ1) is 12.3. The van der Waals surface area contributed by atoms with E-state index in [-0.39, 0.29) is 12.3 Å². The van der Waals surface area contributed by atoms with Crippen LogP contribution in [0.25, 0.3) is 0 Å². The Labute approximate surface area is 90.3 Å². The summed E-state index contributed by atoms with van der Waals surface area (Å²) in [4.78, 5) is 10.2. The van der Waals surface area contributed by atoms with Crippen LogP contribution in [0.3, 0.4) is 0 Å². The van der Waals surface area contributed by atoms with E-state index in [0.717, 1.165) is 5.57 Å². The van der Waals surface area contributed by atoms with Gasteiger partial charge in [0.2, 0.25) is 0 Å². The van der Waals surface area contributed by atoms with Gasteiger partial charge in [0.1, 0.15) is 0 Å². The van der Waals surface area contributed by atoms with Crippen LogP contribution in [0.4, 0.5) is 0 Å². The maximum Gasteiger partial charge on any atom is 0.266 e. The quantitative estimate of drug-likeness (QED) is 0.449. The van der Waals surface area contributed by atoms with E-state index in [1.165, 1.54) is 12.2 Å². The number of aliphatic hydroxyl groups is 1. The third kappa shape index (κ3) is 3.09. The monoisotopic (exact) mass is 231 g/mol. The summed E-state index contributed by atoms with van der Waals surface area (Å²) in [6.45, 7) is 2.00. The van der Waals surface area contributed by atoms with Crippen LogP contribution in [-0.4, -0.2) is 23.2 Å². The number of rotatable bonds is 4. The molecule has 2 unspecified atom stereocenters. The number of hydrogen-bond acceptors (Lipinski definition) is 4. The van der Waals surface area contributed by atoms with Crippen molar-refractivity contribution in [3.05, 3.63) is 33.5 Å². The number of aliphatic hydroxyl groups excluding tert-OH is 1. The third-order valence-electron chi connectivity index (χ3n) is 2.32. The highest BCUT2D eigenvalue weighted by atomic mass is 31.0. The summed E-state index contributed by atoms with van der Waals surface area (Å²) >= 11 is 0. The molecule has 5 nitrogen and oxygen atoms in total. The number of hydrogen-bond donors (Lipinski definition) is 1. The largest absolute Gasteiger partial charge is 0.395 e. The smallest absolute Gasteiger partial charge is 0.266 e. The molecule has 0 aromatic rings. The van der Waals surface area contributed by atoms with Gasteiger partial charge in [-0.15, -0.1) is 0 Å². The molecule has 0 saturated carbocycles. The molecule has 6 heteroatoms. The Morgan fingerprint density at radius 1 is 1.80 bits per heavy atom. The highest BCUT2D eigenvalue weighted by molar-refractivity contribution is 7.09. The molecule has 0 aromatic heterocycles. The normalized spacial score (nSPS) is 25.8. The molecule has 0 aliphatic heterocycles. The maximum atomic E-state index is 10.7. The van der Waals surface area contributed by atoms with Crippen LogP contribution in [0.2, 0.25) is 0 Å². The topological polar surface area (TPSA) is 72.6 Å². The molecule has 2 atom stereocenters. The van der Waals surface area contributed by atoms with Gasteiger partial charge in [-0.2, -0.15) is 0 Å². The molecule has 1 aliphatic rings. The van der Waals surface area contributed by atoms with Gasteiger partial charge in [-0.25, -0.2) is 0 Å². The lowest BCUT2D eigenvalue weighted by molar-refractivity contribution is -0.420. The second-order valence-corrected chi connectivity index (χ2v) is 4.26. The van der Waals surface area contributed by atoms with E-state index >= 15 is 0 Å².